The first-order chi connectivity index (χ1) is 12.1. The average Bonchev–Trinajstić information content (AvgIpc) is 3.10. The summed E-state index contributed by atoms with van der Waals surface area (Å²) in [4.78, 5) is 21.2. The molecule has 0 aliphatic carbocycles. The van der Waals surface area contributed by atoms with Crippen molar-refractivity contribution in [2.45, 2.75) is 6.10 Å². The Morgan fingerprint density at radius 2 is 2.31 bits per heavy atom. The van der Waals surface area contributed by atoms with E-state index >= 15 is 0 Å². The van der Waals surface area contributed by atoms with Gasteiger partial charge in [-0.3, -0.25) is 15.1 Å². The summed E-state index contributed by atoms with van der Waals surface area (Å²) in [5.41, 5.74) is 6.18. The Hall–Kier alpha value is -2.22. The van der Waals surface area contributed by atoms with Gasteiger partial charge in [-0.1, -0.05) is 0 Å². The van der Waals surface area contributed by atoms with E-state index in [-0.39, 0.29) is 24.9 Å². The molecule has 0 aromatic carbocycles. The van der Waals surface area contributed by atoms with E-state index in [0.29, 0.717) is 11.4 Å². The lowest BCUT2D eigenvalue weighted by molar-refractivity contribution is -0.451. The SMILES string of the molecule is NC1=NC(=[NH+]CCS(=O)(=O)[O-])/C(=C/[C@@H](O)CNC(=O)c2cc(Br)c[nH]2)N1. The van der Waals surface area contributed by atoms with E-state index in [1.54, 1.807) is 12.3 Å². The maximum absolute atomic E-state index is 11.9. The molecule has 1 aromatic heterocycles. The Kier molecular flexibility index (Phi) is 6.52. The van der Waals surface area contributed by atoms with Crippen molar-refractivity contribution >= 4 is 43.8 Å². The molecular formula is C13H17BrN6O5S. The van der Waals surface area contributed by atoms with Gasteiger partial charge in [0.15, 0.2) is 0 Å². The lowest BCUT2D eigenvalue weighted by Gasteiger charge is -2.08. The third kappa shape index (κ3) is 6.25. The number of aliphatic imine (C=N–C) groups is 1. The Morgan fingerprint density at radius 3 is 2.92 bits per heavy atom. The van der Waals surface area contributed by atoms with E-state index < -0.39 is 27.9 Å². The van der Waals surface area contributed by atoms with Crippen molar-refractivity contribution in [2.75, 3.05) is 18.8 Å². The lowest BCUT2D eigenvalue weighted by Crippen LogP contribution is -2.74. The number of halogens is 1. The van der Waals surface area contributed by atoms with Gasteiger partial charge in [0.05, 0.1) is 28.5 Å². The summed E-state index contributed by atoms with van der Waals surface area (Å²) in [5, 5.41) is 15.3. The minimum absolute atomic E-state index is 0.0381. The van der Waals surface area contributed by atoms with Gasteiger partial charge in [0, 0.05) is 17.2 Å². The number of carbonyl (C=O) groups is 1. The van der Waals surface area contributed by atoms with Crippen LogP contribution in [0.2, 0.25) is 0 Å². The molecule has 2 heterocycles. The van der Waals surface area contributed by atoms with Crippen molar-refractivity contribution in [1.82, 2.24) is 15.6 Å². The molecule has 0 spiro atoms. The molecule has 2 rings (SSSR count). The van der Waals surface area contributed by atoms with E-state index in [1.165, 1.54) is 6.08 Å². The number of amidine groups is 1. The third-order valence-electron chi connectivity index (χ3n) is 3.12. The Balaban J connectivity index is 1.95. The number of nitrogens with one attached hydrogen (secondary N) is 4. The molecule has 0 bridgehead atoms. The van der Waals surface area contributed by atoms with Crippen molar-refractivity contribution in [3.63, 3.8) is 0 Å². The molecule has 11 nitrogen and oxygen atoms in total. The van der Waals surface area contributed by atoms with E-state index in [4.69, 9.17) is 5.73 Å². The highest BCUT2D eigenvalue weighted by atomic mass is 79.9. The van der Waals surface area contributed by atoms with Gasteiger partial charge in [0.2, 0.25) is 0 Å². The van der Waals surface area contributed by atoms with Crippen LogP contribution in [0.3, 0.4) is 0 Å². The molecule has 26 heavy (non-hydrogen) atoms. The number of aliphatic hydroxyl groups excluding tert-OH is 1. The molecule has 1 amide bonds. The highest BCUT2D eigenvalue weighted by molar-refractivity contribution is 9.10. The molecule has 13 heteroatoms. The molecule has 0 saturated heterocycles. The smallest absolute Gasteiger partial charge is 0.344 e. The minimum Gasteiger partial charge on any atom is -0.748 e. The van der Waals surface area contributed by atoms with Crippen LogP contribution in [0.5, 0.6) is 0 Å². The normalized spacial score (nSPS) is 18.7. The number of amides is 1. The molecular weight excluding hydrogens is 432 g/mol. The molecule has 1 aliphatic heterocycles. The van der Waals surface area contributed by atoms with Crippen LogP contribution < -0.4 is 21.4 Å². The van der Waals surface area contributed by atoms with Crippen molar-refractivity contribution < 1.29 is 27.9 Å². The number of rotatable bonds is 7. The monoisotopic (exact) mass is 448 g/mol. The number of hydrogen-bond acceptors (Lipinski definition) is 7. The van der Waals surface area contributed by atoms with Crippen LogP contribution in [0.4, 0.5) is 0 Å². The van der Waals surface area contributed by atoms with Crippen molar-refractivity contribution in [1.29, 1.82) is 0 Å². The second kappa shape index (κ2) is 8.44. The summed E-state index contributed by atoms with van der Waals surface area (Å²) in [6.45, 7) is -0.242. The zero-order valence-electron chi connectivity index (χ0n) is 13.3. The highest BCUT2D eigenvalue weighted by Gasteiger charge is 2.26. The first-order valence-electron chi connectivity index (χ1n) is 7.32. The fourth-order valence-corrected chi connectivity index (χ4v) is 2.69. The van der Waals surface area contributed by atoms with Gasteiger partial charge in [-0.15, -0.1) is 0 Å². The largest absolute Gasteiger partial charge is 0.748 e. The van der Waals surface area contributed by atoms with E-state index in [1.807, 2.05) is 0 Å². The Labute approximate surface area is 157 Å². The zero-order chi connectivity index (χ0) is 19.3. The number of guanidine groups is 1. The number of carbonyl (C=O) groups excluding carboxylic acids is 1. The molecule has 142 valence electrons. The van der Waals surface area contributed by atoms with Gasteiger partial charge in [0.25, 0.3) is 5.91 Å². The Bertz CT molecular complexity index is 875. The number of hydrogen-bond donors (Lipinski definition) is 6. The van der Waals surface area contributed by atoms with Crippen LogP contribution in [0.1, 0.15) is 10.5 Å². The predicted octanol–water partition coefficient (Wildman–Crippen LogP) is -3.31. The molecule has 1 aliphatic rings. The van der Waals surface area contributed by atoms with Crippen LogP contribution in [0.15, 0.2) is 33.5 Å². The maximum Gasteiger partial charge on any atom is 0.344 e. The maximum atomic E-state index is 11.9. The summed E-state index contributed by atoms with van der Waals surface area (Å²) < 4.78 is 32.6. The van der Waals surface area contributed by atoms with Crippen LogP contribution in [-0.4, -0.2) is 65.7 Å². The number of aromatic nitrogens is 1. The number of H-pyrrole nitrogens is 1. The summed E-state index contributed by atoms with van der Waals surface area (Å²) in [7, 11) is -4.36. The molecule has 7 N–H and O–H groups in total. The van der Waals surface area contributed by atoms with Crippen LogP contribution >= 0.6 is 15.9 Å². The second-order valence-electron chi connectivity index (χ2n) is 5.25. The van der Waals surface area contributed by atoms with Gasteiger partial charge >= 0.3 is 11.8 Å². The minimum atomic E-state index is -4.36. The number of nitrogens with two attached hydrogens (primary N) is 1. The van der Waals surface area contributed by atoms with Crippen LogP contribution in [0.25, 0.3) is 0 Å². The van der Waals surface area contributed by atoms with Gasteiger partial charge in [-0.25, -0.2) is 8.42 Å². The second-order valence-corrected chi connectivity index (χ2v) is 7.69. The molecule has 1 aromatic rings. The average molecular weight is 449 g/mol. The predicted molar refractivity (Wildman–Crippen MR) is 95.1 cm³/mol. The standard InChI is InChI=1S/C13H17BrN6O5S/c14-7-3-10(17-5-7)12(22)18-6-8(21)4-9-11(20-13(15)19-9)16-1-2-26(23,24)25/h3-5,8,17,21H,1-2,6H2,(H,18,22)(H,23,24,25)(H3,15,16,19,20)/b9-4-/t8-/m1/s1. The summed E-state index contributed by atoms with van der Waals surface area (Å²) in [5.74, 6) is -0.795. The molecule has 1 atom stereocenters. The number of aromatic amines is 1. The molecule has 0 unspecified atom stereocenters. The fourth-order valence-electron chi connectivity index (χ4n) is 2.00. The van der Waals surface area contributed by atoms with Crippen LogP contribution in [-0.2, 0) is 10.1 Å². The first-order valence-corrected chi connectivity index (χ1v) is 9.69. The van der Waals surface area contributed by atoms with Gasteiger partial charge < -0.3 is 25.7 Å². The first kappa shape index (κ1) is 20.1. The summed E-state index contributed by atoms with van der Waals surface area (Å²) in [6, 6.07) is 1.59. The zero-order valence-corrected chi connectivity index (χ0v) is 15.7. The highest BCUT2D eigenvalue weighted by Crippen LogP contribution is 2.10. The van der Waals surface area contributed by atoms with Crippen molar-refractivity contribution in [3.8, 4) is 0 Å². The van der Waals surface area contributed by atoms with E-state index in [2.05, 4.69) is 41.5 Å². The lowest BCUT2D eigenvalue weighted by atomic mass is 10.2. The number of aliphatic hydroxyl groups is 1. The third-order valence-corrected chi connectivity index (χ3v) is 4.28. The van der Waals surface area contributed by atoms with Crippen molar-refractivity contribution in [3.05, 3.63) is 34.2 Å². The summed E-state index contributed by atoms with van der Waals surface area (Å²) >= 11 is 3.21. The van der Waals surface area contributed by atoms with Gasteiger partial charge in [-0.2, -0.15) is 0 Å². The molecule has 0 fully saturated rings. The number of nitrogens with zero attached hydrogens (tertiary/aromatic N) is 1. The van der Waals surface area contributed by atoms with E-state index in [9.17, 15) is 22.9 Å². The summed E-state index contributed by atoms with van der Waals surface area (Å²) in [6.07, 6.45) is 1.88. The fraction of sp³-hybridized carbons (Fsp3) is 0.308. The van der Waals surface area contributed by atoms with E-state index in [0.717, 1.165) is 4.47 Å². The van der Waals surface area contributed by atoms with Crippen molar-refractivity contribution in [2.24, 2.45) is 10.7 Å². The van der Waals surface area contributed by atoms with Gasteiger partial charge in [0.1, 0.15) is 11.4 Å². The van der Waals surface area contributed by atoms with Crippen LogP contribution in [0, 0.1) is 0 Å². The molecule has 0 saturated carbocycles. The Morgan fingerprint density at radius 1 is 1.58 bits per heavy atom. The topological polar surface area (TPSA) is 187 Å². The molecule has 0 radical (unpaired) electrons. The van der Waals surface area contributed by atoms with Gasteiger partial charge in [-0.05, 0) is 33.1 Å². The quantitative estimate of drug-likeness (QED) is 0.235.